The van der Waals surface area contributed by atoms with Crippen molar-refractivity contribution in [3.05, 3.63) is 0 Å². The van der Waals surface area contributed by atoms with E-state index in [2.05, 4.69) is 10.6 Å². The van der Waals surface area contributed by atoms with Gasteiger partial charge in [-0.1, -0.05) is 47.5 Å². The number of nitrogens with two attached hydrogens (primary N) is 1. The number of carbonyl (C=O) groups excluding carboxylic acids is 4. The van der Waals surface area contributed by atoms with Gasteiger partial charge in [0, 0.05) is 6.54 Å². The van der Waals surface area contributed by atoms with Gasteiger partial charge in [-0.05, 0) is 43.1 Å². The topological polar surface area (TPSA) is 122 Å². The van der Waals surface area contributed by atoms with Crippen molar-refractivity contribution in [1.29, 1.82) is 0 Å². The van der Waals surface area contributed by atoms with E-state index in [-0.39, 0.29) is 29.1 Å². The summed E-state index contributed by atoms with van der Waals surface area (Å²) in [4.78, 5) is 52.1. The van der Waals surface area contributed by atoms with Crippen LogP contribution in [0.2, 0.25) is 0 Å². The Hall–Kier alpha value is -1.96. The summed E-state index contributed by atoms with van der Waals surface area (Å²) in [6.07, 6.45) is 3.10. The zero-order valence-electron chi connectivity index (χ0n) is 19.2. The monoisotopic (exact) mass is 422 g/mol. The Kier molecular flexibility index (Phi) is 7.66. The van der Waals surface area contributed by atoms with Gasteiger partial charge in [0.15, 0.2) is 0 Å². The highest BCUT2D eigenvalue weighted by Crippen LogP contribution is 2.35. The van der Waals surface area contributed by atoms with Gasteiger partial charge in [-0.2, -0.15) is 0 Å². The van der Waals surface area contributed by atoms with Crippen LogP contribution in [0.1, 0.15) is 60.3 Å². The molecule has 3 amide bonds. The minimum Gasteiger partial charge on any atom is -0.363 e. The lowest BCUT2D eigenvalue weighted by Gasteiger charge is -2.36. The SMILES string of the molecule is CNC(C(=O)N1CCC(C(C)C)[C@H]1C(=O)NC(CC1CC1)C(=O)C(N)=O)C(C)(C)C. The molecule has 2 rings (SSSR count). The lowest BCUT2D eigenvalue weighted by molar-refractivity contribution is -0.144. The number of likely N-dealkylation sites (tertiary alicyclic amines) is 1. The van der Waals surface area contributed by atoms with Gasteiger partial charge in [0.25, 0.3) is 5.91 Å². The van der Waals surface area contributed by atoms with Gasteiger partial charge in [0.2, 0.25) is 17.6 Å². The summed E-state index contributed by atoms with van der Waals surface area (Å²) in [5.41, 5.74) is 4.89. The maximum atomic E-state index is 13.4. The molecular weight excluding hydrogens is 384 g/mol. The molecule has 4 atom stereocenters. The maximum absolute atomic E-state index is 13.4. The number of ketones is 1. The van der Waals surface area contributed by atoms with Crippen LogP contribution in [0, 0.1) is 23.2 Å². The molecule has 0 bridgehead atoms. The Morgan fingerprint density at radius 2 is 1.70 bits per heavy atom. The first-order valence-corrected chi connectivity index (χ1v) is 11.0. The zero-order valence-corrected chi connectivity index (χ0v) is 19.2. The van der Waals surface area contributed by atoms with Crippen molar-refractivity contribution in [3.63, 3.8) is 0 Å². The number of amides is 3. The highest BCUT2D eigenvalue weighted by atomic mass is 16.2. The first-order valence-electron chi connectivity index (χ1n) is 11.0. The van der Waals surface area contributed by atoms with Crippen LogP contribution in [0.4, 0.5) is 0 Å². The average molecular weight is 423 g/mol. The predicted molar refractivity (Wildman–Crippen MR) is 114 cm³/mol. The molecule has 30 heavy (non-hydrogen) atoms. The second kappa shape index (κ2) is 9.45. The number of rotatable bonds is 9. The summed E-state index contributed by atoms with van der Waals surface area (Å²) in [6, 6.07) is -2.03. The van der Waals surface area contributed by atoms with Crippen LogP contribution in [0.3, 0.4) is 0 Å². The third-order valence-electron chi connectivity index (χ3n) is 6.40. The van der Waals surface area contributed by atoms with Crippen molar-refractivity contribution in [2.45, 2.75) is 78.4 Å². The number of hydrogen-bond donors (Lipinski definition) is 3. The first-order chi connectivity index (χ1) is 13.9. The van der Waals surface area contributed by atoms with Crippen molar-refractivity contribution in [2.24, 2.45) is 28.9 Å². The molecule has 2 aliphatic rings. The molecule has 170 valence electrons. The van der Waals surface area contributed by atoms with Gasteiger partial charge in [0.05, 0.1) is 12.1 Å². The number of Topliss-reactive ketones (excluding diaryl/α,β-unsaturated/α-hetero) is 1. The van der Waals surface area contributed by atoms with Crippen LogP contribution in [0.5, 0.6) is 0 Å². The fourth-order valence-corrected chi connectivity index (χ4v) is 4.54. The van der Waals surface area contributed by atoms with Crippen LogP contribution in [0.25, 0.3) is 0 Å². The quantitative estimate of drug-likeness (QED) is 0.475. The molecule has 0 aromatic heterocycles. The molecule has 2 fully saturated rings. The summed E-state index contributed by atoms with van der Waals surface area (Å²) in [5.74, 6) is -1.79. The number of hydrogen-bond acceptors (Lipinski definition) is 5. The second-order valence-electron chi connectivity index (χ2n) is 10.2. The van der Waals surface area contributed by atoms with E-state index in [4.69, 9.17) is 5.73 Å². The van der Waals surface area contributed by atoms with E-state index in [1.54, 1.807) is 11.9 Å². The Morgan fingerprint density at radius 3 is 2.13 bits per heavy atom. The molecule has 0 spiro atoms. The smallest absolute Gasteiger partial charge is 0.287 e. The van der Waals surface area contributed by atoms with Gasteiger partial charge >= 0.3 is 0 Å². The van der Waals surface area contributed by atoms with Crippen LogP contribution >= 0.6 is 0 Å². The molecule has 0 radical (unpaired) electrons. The van der Waals surface area contributed by atoms with Crippen LogP contribution in [-0.2, 0) is 19.2 Å². The van der Waals surface area contributed by atoms with E-state index in [0.717, 1.165) is 19.3 Å². The minimum absolute atomic E-state index is 0.0170. The number of primary amides is 1. The van der Waals surface area contributed by atoms with Crippen molar-refractivity contribution < 1.29 is 19.2 Å². The van der Waals surface area contributed by atoms with Gasteiger partial charge < -0.3 is 21.3 Å². The molecule has 1 heterocycles. The number of carbonyl (C=O) groups is 4. The third-order valence-corrected chi connectivity index (χ3v) is 6.40. The highest BCUT2D eigenvalue weighted by molar-refractivity contribution is 6.37. The Bertz CT molecular complexity index is 681. The lowest BCUT2D eigenvalue weighted by atomic mass is 9.85. The second-order valence-corrected chi connectivity index (χ2v) is 10.2. The molecule has 0 aromatic carbocycles. The summed E-state index contributed by atoms with van der Waals surface area (Å²) in [5, 5.41) is 5.87. The molecule has 1 saturated heterocycles. The molecule has 4 N–H and O–H groups in total. The molecule has 3 unspecified atom stereocenters. The molecule has 8 nitrogen and oxygen atoms in total. The van der Waals surface area contributed by atoms with Crippen molar-refractivity contribution in [3.8, 4) is 0 Å². The molecular formula is C22H38N4O4. The van der Waals surface area contributed by atoms with Crippen molar-refractivity contribution in [2.75, 3.05) is 13.6 Å². The van der Waals surface area contributed by atoms with Crippen LogP contribution < -0.4 is 16.4 Å². The maximum Gasteiger partial charge on any atom is 0.287 e. The van der Waals surface area contributed by atoms with Crippen LogP contribution in [-0.4, -0.2) is 60.1 Å². The summed E-state index contributed by atoms with van der Waals surface area (Å²) in [6.45, 7) is 10.5. The van der Waals surface area contributed by atoms with E-state index in [9.17, 15) is 19.2 Å². The molecule has 1 aliphatic carbocycles. The number of nitrogens with zero attached hydrogens (tertiary/aromatic N) is 1. The summed E-state index contributed by atoms with van der Waals surface area (Å²) < 4.78 is 0. The van der Waals surface area contributed by atoms with Gasteiger partial charge in [-0.3, -0.25) is 19.2 Å². The van der Waals surface area contributed by atoms with Crippen LogP contribution in [0.15, 0.2) is 0 Å². The number of likely N-dealkylation sites (N-methyl/N-ethyl adjacent to an activating group) is 1. The molecule has 1 saturated carbocycles. The van der Waals surface area contributed by atoms with Gasteiger partial charge in [-0.15, -0.1) is 0 Å². The normalized spacial score (nSPS) is 23.9. The Balaban J connectivity index is 2.26. The largest absolute Gasteiger partial charge is 0.363 e. The summed E-state index contributed by atoms with van der Waals surface area (Å²) in [7, 11) is 1.75. The standard InChI is InChI=1S/C22H38N4O4/c1-12(2)14-9-10-26(21(30)18(24-6)22(3,4)5)16(14)20(29)25-15(11-13-7-8-13)17(27)19(23)28/h12-16,18,24H,7-11H2,1-6H3,(H2,23,28)(H,25,29)/t14?,15?,16-,18?/m0/s1. The predicted octanol–water partition coefficient (Wildman–Crippen LogP) is 0.833. The third kappa shape index (κ3) is 5.59. The fourth-order valence-electron chi connectivity index (χ4n) is 4.54. The van der Waals surface area contributed by atoms with E-state index >= 15 is 0 Å². The van der Waals surface area contributed by atoms with Crippen molar-refractivity contribution >= 4 is 23.5 Å². The first kappa shape index (κ1) is 24.3. The Morgan fingerprint density at radius 1 is 1.10 bits per heavy atom. The van der Waals surface area contributed by atoms with Gasteiger partial charge in [0.1, 0.15) is 6.04 Å². The Labute approximate surface area is 179 Å². The molecule has 0 aromatic rings. The minimum atomic E-state index is -1.04. The number of nitrogens with one attached hydrogen (secondary N) is 2. The van der Waals surface area contributed by atoms with E-state index in [1.165, 1.54) is 0 Å². The van der Waals surface area contributed by atoms with Crippen molar-refractivity contribution in [1.82, 2.24) is 15.5 Å². The lowest BCUT2D eigenvalue weighted by Crippen LogP contribution is -2.59. The fraction of sp³-hybridized carbons (Fsp3) is 0.818. The van der Waals surface area contributed by atoms with E-state index in [1.807, 2.05) is 34.6 Å². The summed E-state index contributed by atoms with van der Waals surface area (Å²) >= 11 is 0. The van der Waals surface area contributed by atoms with E-state index in [0.29, 0.717) is 18.9 Å². The molecule has 8 heteroatoms. The van der Waals surface area contributed by atoms with Gasteiger partial charge in [-0.25, -0.2) is 0 Å². The van der Waals surface area contributed by atoms with E-state index < -0.39 is 29.8 Å². The average Bonchev–Trinajstić information content (AvgIpc) is 3.32. The highest BCUT2D eigenvalue weighted by Gasteiger charge is 2.47. The zero-order chi connectivity index (χ0) is 22.8. The molecule has 1 aliphatic heterocycles.